The van der Waals surface area contributed by atoms with Gasteiger partial charge >= 0.3 is 0 Å². The lowest BCUT2D eigenvalue weighted by Crippen LogP contribution is -2.17. The van der Waals surface area contributed by atoms with Crippen molar-refractivity contribution in [1.29, 1.82) is 0 Å². The third kappa shape index (κ3) is 3.32. The number of benzene rings is 1. The van der Waals surface area contributed by atoms with Crippen LogP contribution >= 0.6 is 0 Å². The predicted octanol–water partition coefficient (Wildman–Crippen LogP) is 1.33. The summed E-state index contributed by atoms with van der Waals surface area (Å²) in [6, 6.07) is 9.97. The number of nitrogen functional groups attached to an aromatic ring is 1. The number of hydrogen-bond donors (Lipinski definition) is 2. The van der Waals surface area contributed by atoms with E-state index in [4.69, 9.17) is 5.73 Å². The van der Waals surface area contributed by atoms with E-state index in [0.29, 0.717) is 0 Å². The monoisotopic (exact) mass is 230 g/mol. The normalized spacial score (nSPS) is 10.6. The quantitative estimate of drug-likeness (QED) is 0.602. The van der Waals surface area contributed by atoms with Crippen LogP contribution in [0.3, 0.4) is 0 Å². The van der Waals surface area contributed by atoms with E-state index in [1.54, 1.807) is 0 Å². The minimum atomic E-state index is 0.805. The maximum atomic E-state index is 5.86. The Morgan fingerprint density at radius 3 is 2.82 bits per heavy atom. The predicted molar refractivity (Wildman–Crippen MR) is 69.5 cm³/mol. The molecule has 0 aliphatic heterocycles. The van der Waals surface area contributed by atoms with Crippen molar-refractivity contribution in [3.8, 4) is 0 Å². The Kier molecular flexibility index (Phi) is 3.77. The lowest BCUT2D eigenvalue weighted by molar-refractivity contribution is 0.666. The summed E-state index contributed by atoms with van der Waals surface area (Å²) in [5.74, 6) is 0. The van der Waals surface area contributed by atoms with Gasteiger partial charge in [-0.2, -0.15) is 5.10 Å². The van der Waals surface area contributed by atoms with Crippen molar-refractivity contribution in [1.82, 2.24) is 15.1 Å². The lowest BCUT2D eigenvalue weighted by atomic mass is 10.2. The second kappa shape index (κ2) is 5.50. The van der Waals surface area contributed by atoms with Crippen molar-refractivity contribution >= 4 is 5.69 Å². The van der Waals surface area contributed by atoms with Gasteiger partial charge in [-0.25, -0.2) is 0 Å². The van der Waals surface area contributed by atoms with Gasteiger partial charge in [0, 0.05) is 38.4 Å². The molecular weight excluding hydrogens is 212 g/mol. The van der Waals surface area contributed by atoms with Gasteiger partial charge in [0.25, 0.3) is 0 Å². The Balaban J connectivity index is 1.75. The topological polar surface area (TPSA) is 55.9 Å². The first-order valence-electron chi connectivity index (χ1n) is 5.78. The maximum Gasteiger partial charge on any atom is 0.0637 e. The van der Waals surface area contributed by atoms with Crippen LogP contribution in [0.15, 0.2) is 36.5 Å². The zero-order valence-electron chi connectivity index (χ0n) is 10.1. The second-order valence-corrected chi connectivity index (χ2v) is 4.11. The Bertz CT molecular complexity index is 476. The van der Waals surface area contributed by atoms with E-state index in [9.17, 15) is 0 Å². The molecule has 0 aliphatic rings. The molecular formula is C13H18N4. The molecule has 1 aromatic carbocycles. The molecule has 2 rings (SSSR count). The van der Waals surface area contributed by atoms with Crippen molar-refractivity contribution in [3.63, 3.8) is 0 Å². The summed E-state index contributed by atoms with van der Waals surface area (Å²) in [5.41, 5.74) is 8.97. The van der Waals surface area contributed by atoms with Crippen LogP contribution in [-0.2, 0) is 20.0 Å². The minimum absolute atomic E-state index is 0.805. The van der Waals surface area contributed by atoms with Gasteiger partial charge in [0.15, 0.2) is 0 Å². The third-order valence-electron chi connectivity index (χ3n) is 2.70. The summed E-state index contributed by atoms with van der Waals surface area (Å²) in [6.07, 6.45) is 2.90. The maximum absolute atomic E-state index is 5.86. The van der Waals surface area contributed by atoms with Crippen LogP contribution in [0, 0.1) is 0 Å². The third-order valence-corrected chi connectivity index (χ3v) is 2.70. The van der Waals surface area contributed by atoms with Crippen molar-refractivity contribution in [3.05, 3.63) is 47.8 Å². The first-order valence-corrected chi connectivity index (χ1v) is 5.78. The first-order chi connectivity index (χ1) is 8.25. The number of nitrogens with zero attached hydrogens (tertiary/aromatic N) is 2. The second-order valence-electron chi connectivity index (χ2n) is 4.11. The molecule has 90 valence electrons. The Labute approximate surface area is 101 Å². The smallest absolute Gasteiger partial charge is 0.0637 e. The van der Waals surface area contributed by atoms with E-state index in [0.717, 1.165) is 36.5 Å². The van der Waals surface area contributed by atoms with Crippen LogP contribution in [0.1, 0.15) is 11.3 Å². The number of aryl methyl sites for hydroxylation is 1. The van der Waals surface area contributed by atoms with E-state index < -0.39 is 0 Å². The molecule has 0 unspecified atom stereocenters. The number of aromatic nitrogens is 2. The highest BCUT2D eigenvalue weighted by Gasteiger charge is 1.98. The van der Waals surface area contributed by atoms with Crippen LogP contribution in [0.4, 0.5) is 5.69 Å². The molecule has 3 N–H and O–H groups in total. The number of nitrogens with one attached hydrogen (secondary N) is 1. The van der Waals surface area contributed by atoms with E-state index >= 15 is 0 Å². The average molecular weight is 230 g/mol. The van der Waals surface area contributed by atoms with Crippen molar-refractivity contribution < 1.29 is 0 Å². The van der Waals surface area contributed by atoms with Crippen molar-refractivity contribution in [2.75, 3.05) is 12.3 Å². The molecule has 4 nitrogen and oxygen atoms in total. The summed E-state index contributed by atoms with van der Waals surface area (Å²) >= 11 is 0. The fourth-order valence-corrected chi connectivity index (χ4v) is 1.73. The Hall–Kier alpha value is -1.81. The van der Waals surface area contributed by atoms with Crippen molar-refractivity contribution in [2.45, 2.75) is 13.0 Å². The van der Waals surface area contributed by atoms with Gasteiger partial charge in [-0.3, -0.25) is 4.68 Å². The zero-order chi connectivity index (χ0) is 12.1. The summed E-state index contributed by atoms with van der Waals surface area (Å²) in [5, 5.41) is 7.70. The number of anilines is 1. The molecule has 0 saturated heterocycles. The van der Waals surface area contributed by atoms with Gasteiger partial charge in [-0.05, 0) is 17.7 Å². The van der Waals surface area contributed by atoms with Crippen LogP contribution in [-0.4, -0.2) is 16.3 Å². The molecule has 0 spiro atoms. The highest BCUT2D eigenvalue weighted by molar-refractivity contribution is 5.46. The van der Waals surface area contributed by atoms with Gasteiger partial charge in [0.05, 0.1) is 5.69 Å². The van der Waals surface area contributed by atoms with Crippen LogP contribution in [0.5, 0.6) is 0 Å². The molecule has 17 heavy (non-hydrogen) atoms. The summed E-state index contributed by atoms with van der Waals surface area (Å²) in [6.45, 7) is 1.71. The van der Waals surface area contributed by atoms with E-state index in [-0.39, 0.29) is 0 Å². The van der Waals surface area contributed by atoms with Gasteiger partial charge in [0.1, 0.15) is 0 Å². The highest BCUT2D eigenvalue weighted by Crippen LogP contribution is 2.09. The van der Waals surface area contributed by atoms with Crippen LogP contribution < -0.4 is 11.1 Å². The number of nitrogens with two attached hydrogens (primary N) is 1. The first kappa shape index (κ1) is 11.7. The molecule has 2 aromatic rings. The summed E-state index contributed by atoms with van der Waals surface area (Å²) in [4.78, 5) is 0. The Morgan fingerprint density at radius 2 is 2.12 bits per heavy atom. The van der Waals surface area contributed by atoms with Gasteiger partial charge in [-0.15, -0.1) is 0 Å². The minimum Gasteiger partial charge on any atom is -0.398 e. The number of rotatable bonds is 5. The molecule has 0 amide bonds. The zero-order valence-corrected chi connectivity index (χ0v) is 10.1. The number of para-hydroxylation sites is 1. The largest absolute Gasteiger partial charge is 0.398 e. The average Bonchev–Trinajstić information content (AvgIpc) is 2.73. The molecule has 0 radical (unpaired) electrons. The molecule has 0 fully saturated rings. The standard InChI is InChI=1S/C13H18N4/c1-17-9-7-12(16-17)6-8-15-10-11-4-2-3-5-13(11)14/h2-5,7,9,15H,6,8,10,14H2,1H3. The fraction of sp³-hybridized carbons (Fsp3) is 0.308. The summed E-state index contributed by atoms with van der Waals surface area (Å²) < 4.78 is 1.82. The Morgan fingerprint density at radius 1 is 1.29 bits per heavy atom. The van der Waals surface area contributed by atoms with Gasteiger partial charge in [0.2, 0.25) is 0 Å². The van der Waals surface area contributed by atoms with Crippen LogP contribution in [0.25, 0.3) is 0 Å². The summed E-state index contributed by atoms with van der Waals surface area (Å²) in [7, 11) is 1.93. The van der Waals surface area contributed by atoms with E-state index in [2.05, 4.69) is 10.4 Å². The van der Waals surface area contributed by atoms with E-state index in [1.165, 1.54) is 0 Å². The van der Waals surface area contributed by atoms with Crippen molar-refractivity contribution in [2.24, 2.45) is 7.05 Å². The molecule has 0 atom stereocenters. The SMILES string of the molecule is Cn1ccc(CCNCc2ccccc2N)n1. The number of hydrogen-bond acceptors (Lipinski definition) is 3. The molecule has 1 aromatic heterocycles. The van der Waals surface area contributed by atoms with Gasteiger partial charge in [-0.1, -0.05) is 18.2 Å². The molecule has 0 bridgehead atoms. The molecule has 4 heteroatoms. The highest BCUT2D eigenvalue weighted by atomic mass is 15.2. The molecule has 0 saturated carbocycles. The van der Waals surface area contributed by atoms with E-state index in [1.807, 2.05) is 48.3 Å². The molecule has 1 heterocycles. The fourth-order valence-electron chi connectivity index (χ4n) is 1.73. The van der Waals surface area contributed by atoms with Crippen LogP contribution in [0.2, 0.25) is 0 Å². The molecule has 0 aliphatic carbocycles. The van der Waals surface area contributed by atoms with Gasteiger partial charge < -0.3 is 11.1 Å². The lowest BCUT2D eigenvalue weighted by Gasteiger charge is -2.06.